The van der Waals surface area contributed by atoms with E-state index in [4.69, 9.17) is 0 Å². The summed E-state index contributed by atoms with van der Waals surface area (Å²) in [6, 6.07) is 5.03. The van der Waals surface area contributed by atoms with Gasteiger partial charge in [0.2, 0.25) is 0 Å². The van der Waals surface area contributed by atoms with Crippen LogP contribution in [0.15, 0.2) is 24.4 Å². The molecule has 0 atom stereocenters. The monoisotopic (exact) mass is 259 g/mol. The minimum atomic E-state index is -2.76. The minimum Gasteiger partial charge on any atom is -0.338 e. The number of nitrogens with zero attached hydrogens (tertiary/aromatic N) is 1. The normalized spacial score (nSPS) is 10.4. The zero-order chi connectivity index (χ0) is 13.2. The predicted molar refractivity (Wildman–Crippen MR) is 61.0 cm³/mol. The molecule has 0 aliphatic heterocycles. The van der Waals surface area contributed by atoms with Gasteiger partial charge >= 0.3 is 12.6 Å². The summed E-state index contributed by atoms with van der Waals surface area (Å²) in [6.07, 6.45) is 1.97. The number of aromatic nitrogens is 1. The van der Waals surface area contributed by atoms with Crippen LogP contribution in [-0.4, -0.2) is 30.8 Å². The van der Waals surface area contributed by atoms with Crippen molar-refractivity contribution in [1.82, 2.24) is 15.6 Å². The Balaban J connectivity index is 2.04. The van der Waals surface area contributed by atoms with E-state index in [1.165, 1.54) is 0 Å². The van der Waals surface area contributed by atoms with Crippen LogP contribution in [0.1, 0.15) is 12.1 Å². The van der Waals surface area contributed by atoms with Crippen molar-refractivity contribution >= 4 is 6.03 Å². The molecule has 1 aromatic rings. The van der Waals surface area contributed by atoms with Crippen molar-refractivity contribution in [2.75, 3.05) is 13.2 Å². The largest absolute Gasteiger partial charge is 0.345 e. The molecule has 1 aromatic heterocycles. The quantitative estimate of drug-likeness (QED) is 0.729. The van der Waals surface area contributed by atoms with E-state index < -0.39 is 6.61 Å². The van der Waals surface area contributed by atoms with Gasteiger partial charge in [0.05, 0.1) is 18.8 Å². The van der Waals surface area contributed by atoms with Crippen molar-refractivity contribution in [3.05, 3.63) is 30.1 Å². The Kier molecular flexibility index (Phi) is 6.63. The highest BCUT2D eigenvalue weighted by molar-refractivity contribution is 5.73. The molecule has 7 heteroatoms. The number of hydrogen-bond donors (Lipinski definition) is 2. The molecule has 5 nitrogen and oxygen atoms in total. The second-order valence-electron chi connectivity index (χ2n) is 3.42. The van der Waals surface area contributed by atoms with Crippen molar-refractivity contribution in [1.29, 1.82) is 0 Å². The highest BCUT2D eigenvalue weighted by Gasteiger charge is 2.02. The molecule has 0 unspecified atom stereocenters. The van der Waals surface area contributed by atoms with E-state index in [0.717, 1.165) is 5.69 Å². The van der Waals surface area contributed by atoms with E-state index in [0.29, 0.717) is 13.0 Å². The number of hydrogen-bond acceptors (Lipinski definition) is 3. The molecule has 1 rings (SSSR count). The van der Waals surface area contributed by atoms with Gasteiger partial charge in [0.1, 0.15) is 0 Å². The van der Waals surface area contributed by atoms with Crippen LogP contribution in [0.4, 0.5) is 13.6 Å². The summed E-state index contributed by atoms with van der Waals surface area (Å²) in [6.45, 7) is -2.25. The van der Waals surface area contributed by atoms with Crippen LogP contribution < -0.4 is 10.6 Å². The number of alkyl halides is 2. The molecule has 0 saturated carbocycles. The van der Waals surface area contributed by atoms with E-state index in [2.05, 4.69) is 20.4 Å². The molecule has 0 aliphatic carbocycles. The van der Waals surface area contributed by atoms with Gasteiger partial charge in [-0.15, -0.1) is 0 Å². The standard InChI is InChI=1S/C11H15F2N3O2/c12-10(13)18-7-3-6-15-11(17)16-8-9-4-1-2-5-14-9/h1-2,4-5,10H,3,6-8H2,(H2,15,16,17). The van der Waals surface area contributed by atoms with E-state index in [1.54, 1.807) is 18.3 Å². The number of urea groups is 1. The molecule has 1 heterocycles. The first-order valence-electron chi connectivity index (χ1n) is 5.50. The van der Waals surface area contributed by atoms with Gasteiger partial charge in [-0.1, -0.05) is 6.07 Å². The Morgan fingerprint density at radius 3 is 2.89 bits per heavy atom. The SMILES string of the molecule is O=C(NCCCOC(F)F)NCc1ccccn1. The van der Waals surface area contributed by atoms with Crippen LogP contribution in [0.3, 0.4) is 0 Å². The number of pyridine rings is 1. The topological polar surface area (TPSA) is 63.2 Å². The molecule has 0 spiro atoms. The molecule has 100 valence electrons. The maximum atomic E-state index is 11.6. The number of carbonyl (C=O) groups excluding carboxylic acids is 1. The summed E-state index contributed by atoms with van der Waals surface area (Å²) in [7, 11) is 0. The zero-order valence-corrected chi connectivity index (χ0v) is 9.73. The van der Waals surface area contributed by atoms with Gasteiger partial charge in [0.15, 0.2) is 0 Å². The summed E-state index contributed by atoms with van der Waals surface area (Å²) in [4.78, 5) is 15.3. The second-order valence-corrected chi connectivity index (χ2v) is 3.42. The third-order valence-electron chi connectivity index (χ3n) is 2.01. The first kappa shape index (κ1) is 14.3. The summed E-state index contributed by atoms with van der Waals surface area (Å²) < 4.78 is 27.2. The van der Waals surface area contributed by atoms with Gasteiger partial charge in [-0.25, -0.2) is 4.79 Å². The fourth-order valence-corrected chi connectivity index (χ4v) is 1.18. The van der Waals surface area contributed by atoms with E-state index in [1.807, 2.05) is 6.07 Å². The van der Waals surface area contributed by atoms with Crippen molar-refractivity contribution in [3.8, 4) is 0 Å². The lowest BCUT2D eigenvalue weighted by Crippen LogP contribution is -2.36. The Labute approximate surface area is 104 Å². The molecule has 0 radical (unpaired) electrons. The highest BCUT2D eigenvalue weighted by atomic mass is 19.3. The number of rotatable bonds is 7. The minimum absolute atomic E-state index is 0.0851. The third-order valence-corrected chi connectivity index (χ3v) is 2.01. The van der Waals surface area contributed by atoms with Crippen LogP contribution >= 0.6 is 0 Å². The molecule has 0 aliphatic rings. The van der Waals surface area contributed by atoms with Gasteiger partial charge in [0, 0.05) is 12.7 Å². The van der Waals surface area contributed by atoms with Gasteiger partial charge < -0.3 is 15.4 Å². The van der Waals surface area contributed by atoms with Crippen LogP contribution in [0.25, 0.3) is 0 Å². The Morgan fingerprint density at radius 1 is 1.39 bits per heavy atom. The number of halogens is 2. The summed E-state index contributed by atoms with van der Waals surface area (Å²) >= 11 is 0. The zero-order valence-electron chi connectivity index (χ0n) is 9.73. The third kappa shape index (κ3) is 6.74. The average molecular weight is 259 g/mol. The van der Waals surface area contributed by atoms with Crippen LogP contribution in [-0.2, 0) is 11.3 Å². The van der Waals surface area contributed by atoms with Crippen molar-refractivity contribution in [2.45, 2.75) is 19.6 Å². The van der Waals surface area contributed by atoms with Crippen LogP contribution in [0.5, 0.6) is 0 Å². The fraction of sp³-hybridized carbons (Fsp3) is 0.455. The first-order chi connectivity index (χ1) is 8.68. The van der Waals surface area contributed by atoms with Gasteiger partial charge in [-0.05, 0) is 18.6 Å². The van der Waals surface area contributed by atoms with Crippen LogP contribution in [0.2, 0.25) is 0 Å². The van der Waals surface area contributed by atoms with Crippen molar-refractivity contribution < 1.29 is 18.3 Å². The lowest BCUT2D eigenvalue weighted by atomic mass is 10.3. The highest BCUT2D eigenvalue weighted by Crippen LogP contribution is 1.95. The molecular formula is C11H15F2N3O2. The van der Waals surface area contributed by atoms with E-state index in [9.17, 15) is 13.6 Å². The van der Waals surface area contributed by atoms with E-state index >= 15 is 0 Å². The lowest BCUT2D eigenvalue weighted by molar-refractivity contribution is -0.128. The first-order valence-corrected chi connectivity index (χ1v) is 5.50. The van der Waals surface area contributed by atoms with Gasteiger partial charge in [-0.3, -0.25) is 4.98 Å². The second kappa shape index (κ2) is 8.35. The van der Waals surface area contributed by atoms with Crippen molar-refractivity contribution in [2.24, 2.45) is 0 Å². The maximum absolute atomic E-state index is 11.6. The Hall–Kier alpha value is -1.76. The van der Waals surface area contributed by atoms with Gasteiger partial charge in [-0.2, -0.15) is 8.78 Å². The van der Waals surface area contributed by atoms with Crippen molar-refractivity contribution in [3.63, 3.8) is 0 Å². The molecule has 0 fully saturated rings. The number of carbonyl (C=O) groups is 1. The predicted octanol–water partition coefficient (Wildman–Crippen LogP) is 1.51. The lowest BCUT2D eigenvalue weighted by Gasteiger charge is -2.07. The number of nitrogens with one attached hydrogen (secondary N) is 2. The Morgan fingerprint density at radius 2 is 2.22 bits per heavy atom. The molecule has 0 aromatic carbocycles. The van der Waals surface area contributed by atoms with Crippen LogP contribution in [0, 0.1) is 0 Å². The van der Waals surface area contributed by atoms with Gasteiger partial charge in [0.25, 0.3) is 0 Å². The maximum Gasteiger partial charge on any atom is 0.345 e. The molecular weight excluding hydrogens is 244 g/mol. The number of amides is 2. The molecule has 2 amide bonds. The number of ether oxygens (including phenoxy) is 1. The smallest absolute Gasteiger partial charge is 0.338 e. The fourth-order valence-electron chi connectivity index (χ4n) is 1.18. The molecule has 2 N–H and O–H groups in total. The Bertz CT molecular complexity index is 349. The van der Waals surface area contributed by atoms with E-state index in [-0.39, 0.29) is 19.2 Å². The molecule has 0 bridgehead atoms. The summed E-state index contributed by atoms with van der Waals surface area (Å²) in [5.41, 5.74) is 0.744. The average Bonchev–Trinajstić information content (AvgIpc) is 2.37. The summed E-state index contributed by atoms with van der Waals surface area (Å²) in [5.74, 6) is 0. The summed E-state index contributed by atoms with van der Waals surface area (Å²) in [5, 5.41) is 5.12. The molecule has 0 saturated heterocycles. The molecule has 18 heavy (non-hydrogen) atoms.